The maximum atomic E-state index is 12.7. The molecule has 0 fully saturated rings. The van der Waals surface area contributed by atoms with Gasteiger partial charge < -0.3 is 21.3 Å². The van der Waals surface area contributed by atoms with Crippen molar-refractivity contribution in [3.05, 3.63) is 95.1 Å². The van der Waals surface area contributed by atoms with Crippen LogP contribution < -0.4 is 21.3 Å². The first-order valence-corrected chi connectivity index (χ1v) is 12.0. The molecule has 8 nitrogen and oxygen atoms in total. The largest absolute Gasteiger partial charge is 0.366 e. The summed E-state index contributed by atoms with van der Waals surface area (Å²) < 4.78 is 0. The first-order chi connectivity index (χ1) is 17.4. The normalized spacial score (nSPS) is 17.5. The van der Waals surface area contributed by atoms with Gasteiger partial charge in [-0.25, -0.2) is 0 Å². The molecule has 3 aromatic rings. The van der Waals surface area contributed by atoms with Crippen molar-refractivity contribution in [2.45, 2.75) is 25.9 Å². The molecule has 0 spiro atoms. The van der Waals surface area contributed by atoms with Crippen LogP contribution in [-0.2, 0) is 0 Å². The SMILES string of the molecule is CC1CN=C(c2ccc(NC(=O)c3ccc(C(=O)Nc4ccc(C5=NCC(C)N5)cc4)cc3)cc2)N1.Cl.Cl. The van der Waals surface area contributed by atoms with Crippen LogP contribution in [0.4, 0.5) is 11.4 Å². The van der Waals surface area contributed by atoms with E-state index in [-0.39, 0.29) is 36.6 Å². The summed E-state index contributed by atoms with van der Waals surface area (Å²) >= 11 is 0. The number of aliphatic imine (C=N–C) groups is 2. The Morgan fingerprint density at radius 3 is 1.26 bits per heavy atom. The standard InChI is InChI=1S/C28H28N6O2.2ClH/c1-17-15-29-25(31-17)19-7-11-23(12-8-19)33-27(35)21-3-5-22(6-4-21)28(36)34-24-13-9-20(10-14-24)26-30-16-18(2)32-26;;/h3-14,17-18H,15-16H2,1-2H3,(H,29,31)(H,30,32)(H,33,35)(H,34,36);2*1H. The highest BCUT2D eigenvalue weighted by atomic mass is 35.5. The zero-order valence-electron chi connectivity index (χ0n) is 21.0. The van der Waals surface area contributed by atoms with Crippen LogP contribution in [0.15, 0.2) is 82.8 Å². The molecule has 10 heteroatoms. The minimum atomic E-state index is -0.243. The van der Waals surface area contributed by atoms with Crippen LogP contribution in [0, 0.1) is 0 Å². The van der Waals surface area contributed by atoms with Crippen molar-refractivity contribution in [2.75, 3.05) is 23.7 Å². The van der Waals surface area contributed by atoms with E-state index < -0.39 is 0 Å². The summed E-state index contributed by atoms with van der Waals surface area (Å²) in [6.07, 6.45) is 0. The number of halogens is 2. The Balaban J connectivity index is 0.00000200. The highest BCUT2D eigenvalue weighted by Gasteiger charge is 2.16. The smallest absolute Gasteiger partial charge is 0.255 e. The Labute approximate surface area is 234 Å². The fourth-order valence-electron chi connectivity index (χ4n) is 4.06. The molecule has 0 aliphatic carbocycles. The Hall–Kier alpha value is -3.88. The van der Waals surface area contributed by atoms with Crippen molar-refractivity contribution >= 4 is 59.7 Å². The van der Waals surface area contributed by atoms with E-state index in [1.54, 1.807) is 24.3 Å². The highest BCUT2D eigenvalue weighted by molar-refractivity contribution is 6.08. The maximum Gasteiger partial charge on any atom is 0.255 e. The van der Waals surface area contributed by atoms with Crippen molar-refractivity contribution in [1.82, 2.24) is 10.6 Å². The second-order valence-corrected chi connectivity index (χ2v) is 9.11. The maximum absolute atomic E-state index is 12.7. The number of rotatable bonds is 6. The summed E-state index contributed by atoms with van der Waals surface area (Å²) in [6.45, 7) is 5.70. The number of carbonyl (C=O) groups is 2. The third-order valence-corrected chi connectivity index (χ3v) is 6.05. The molecule has 0 saturated heterocycles. The van der Waals surface area contributed by atoms with Crippen molar-refractivity contribution in [3.8, 4) is 0 Å². The number of amidine groups is 2. The number of nitrogens with zero attached hydrogens (tertiary/aromatic N) is 2. The minimum absolute atomic E-state index is 0. The van der Waals surface area contributed by atoms with Crippen molar-refractivity contribution in [2.24, 2.45) is 9.98 Å². The van der Waals surface area contributed by atoms with Gasteiger partial charge in [-0.2, -0.15) is 0 Å². The fourth-order valence-corrected chi connectivity index (χ4v) is 4.06. The molecule has 4 N–H and O–H groups in total. The minimum Gasteiger partial charge on any atom is -0.366 e. The molecular weight excluding hydrogens is 523 g/mol. The lowest BCUT2D eigenvalue weighted by Gasteiger charge is -2.10. The number of benzene rings is 3. The van der Waals surface area contributed by atoms with Crippen LogP contribution in [0.5, 0.6) is 0 Å². The number of hydrogen-bond donors (Lipinski definition) is 4. The molecule has 2 atom stereocenters. The molecule has 0 saturated carbocycles. The van der Waals surface area contributed by atoms with Crippen LogP contribution in [-0.4, -0.2) is 48.7 Å². The molecule has 198 valence electrons. The number of anilines is 2. The van der Waals surface area contributed by atoms with Crippen molar-refractivity contribution in [3.63, 3.8) is 0 Å². The molecule has 2 unspecified atom stereocenters. The molecule has 2 amide bonds. The molecule has 38 heavy (non-hydrogen) atoms. The molecule has 5 rings (SSSR count). The van der Waals surface area contributed by atoms with Gasteiger partial charge in [0.15, 0.2) is 0 Å². The van der Waals surface area contributed by atoms with E-state index in [1.807, 2.05) is 48.5 Å². The second kappa shape index (κ2) is 12.6. The zero-order valence-corrected chi connectivity index (χ0v) is 22.7. The van der Waals surface area contributed by atoms with Gasteiger partial charge in [-0.15, -0.1) is 24.8 Å². The monoisotopic (exact) mass is 552 g/mol. The molecule has 0 bridgehead atoms. The number of nitrogens with one attached hydrogen (secondary N) is 4. The topological polar surface area (TPSA) is 107 Å². The Morgan fingerprint density at radius 2 is 0.974 bits per heavy atom. The van der Waals surface area contributed by atoms with Crippen LogP contribution >= 0.6 is 24.8 Å². The van der Waals surface area contributed by atoms with E-state index in [4.69, 9.17) is 0 Å². The molecule has 2 heterocycles. The molecular formula is C28H30Cl2N6O2. The van der Waals surface area contributed by atoms with Gasteiger partial charge in [-0.05, 0) is 86.6 Å². The van der Waals surface area contributed by atoms with Crippen molar-refractivity contribution < 1.29 is 9.59 Å². The van der Waals surface area contributed by atoms with E-state index in [0.717, 1.165) is 35.9 Å². The van der Waals surface area contributed by atoms with Gasteiger partial charge in [0, 0.05) is 45.7 Å². The highest BCUT2D eigenvalue weighted by Crippen LogP contribution is 2.16. The van der Waals surface area contributed by atoms with Gasteiger partial charge in [-0.1, -0.05) is 0 Å². The Morgan fingerprint density at radius 1 is 0.632 bits per heavy atom. The van der Waals surface area contributed by atoms with Crippen LogP contribution in [0.2, 0.25) is 0 Å². The summed E-state index contributed by atoms with van der Waals surface area (Å²) in [5.41, 5.74) is 4.29. The summed E-state index contributed by atoms with van der Waals surface area (Å²) in [5, 5.41) is 12.4. The van der Waals surface area contributed by atoms with Crippen molar-refractivity contribution in [1.29, 1.82) is 0 Å². The zero-order chi connectivity index (χ0) is 25.1. The average molecular weight is 553 g/mol. The van der Waals surface area contributed by atoms with Crippen LogP contribution in [0.1, 0.15) is 45.7 Å². The van der Waals surface area contributed by atoms with Gasteiger partial charge in [0.25, 0.3) is 11.8 Å². The fraction of sp³-hybridized carbons (Fsp3) is 0.214. The summed E-state index contributed by atoms with van der Waals surface area (Å²) in [5.74, 6) is 1.26. The number of carbonyl (C=O) groups excluding carboxylic acids is 2. The molecule has 2 aliphatic heterocycles. The summed E-state index contributed by atoms with van der Waals surface area (Å²) in [4.78, 5) is 34.3. The van der Waals surface area contributed by atoms with E-state index in [0.29, 0.717) is 34.6 Å². The van der Waals surface area contributed by atoms with Gasteiger partial charge in [0.2, 0.25) is 0 Å². The lowest BCUT2D eigenvalue weighted by Crippen LogP contribution is -2.27. The lowest BCUT2D eigenvalue weighted by molar-refractivity contribution is 0.101. The van der Waals surface area contributed by atoms with E-state index in [9.17, 15) is 9.59 Å². The predicted molar refractivity (Wildman–Crippen MR) is 158 cm³/mol. The first kappa shape index (κ1) is 28.7. The molecule has 2 aliphatic rings. The number of amides is 2. The predicted octanol–water partition coefficient (Wildman–Crippen LogP) is 4.51. The Bertz CT molecular complexity index is 1230. The second-order valence-electron chi connectivity index (χ2n) is 9.11. The van der Waals surface area contributed by atoms with E-state index >= 15 is 0 Å². The van der Waals surface area contributed by atoms with E-state index in [1.165, 1.54) is 0 Å². The van der Waals surface area contributed by atoms with E-state index in [2.05, 4.69) is 45.1 Å². The first-order valence-electron chi connectivity index (χ1n) is 12.0. The van der Waals surface area contributed by atoms with Gasteiger partial charge in [0.05, 0.1) is 13.1 Å². The van der Waals surface area contributed by atoms with Gasteiger partial charge >= 0.3 is 0 Å². The number of hydrogen-bond acceptors (Lipinski definition) is 6. The quantitative estimate of drug-likeness (QED) is 0.360. The van der Waals surface area contributed by atoms with Crippen LogP contribution in [0.3, 0.4) is 0 Å². The van der Waals surface area contributed by atoms with Gasteiger partial charge in [-0.3, -0.25) is 19.6 Å². The Kier molecular flexibility index (Phi) is 9.50. The third kappa shape index (κ3) is 6.70. The summed E-state index contributed by atoms with van der Waals surface area (Å²) in [7, 11) is 0. The van der Waals surface area contributed by atoms with Crippen LogP contribution in [0.25, 0.3) is 0 Å². The lowest BCUT2D eigenvalue weighted by atomic mass is 10.1. The molecule has 3 aromatic carbocycles. The molecule has 0 radical (unpaired) electrons. The summed E-state index contributed by atoms with van der Waals surface area (Å²) in [6, 6.07) is 22.4. The van der Waals surface area contributed by atoms with Gasteiger partial charge in [0.1, 0.15) is 11.7 Å². The average Bonchev–Trinajstić information content (AvgIpc) is 3.53. The third-order valence-electron chi connectivity index (χ3n) is 6.05. The molecule has 0 aromatic heterocycles.